The van der Waals surface area contributed by atoms with Gasteiger partial charge in [0.25, 0.3) is 0 Å². The van der Waals surface area contributed by atoms with Crippen molar-refractivity contribution in [3.05, 3.63) is 29.8 Å². The Morgan fingerprint density at radius 3 is 2.35 bits per heavy atom. The van der Waals surface area contributed by atoms with E-state index < -0.39 is 0 Å². The van der Waals surface area contributed by atoms with Gasteiger partial charge in [0.15, 0.2) is 0 Å². The van der Waals surface area contributed by atoms with Crippen molar-refractivity contribution in [3.63, 3.8) is 0 Å². The van der Waals surface area contributed by atoms with Gasteiger partial charge in [-0.15, -0.1) is 0 Å². The fourth-order valence-electron chi connectivity index (χ4n) is 2.24. The van der Waals surface area contributed by atoms with Crippen molar-refractivity contribution in [1.29, 1.82) is 0 Å². The first-order valence-electron chi connectivity index (χ1n) is 8.06. The number of hydrogen-bond donors (Lipinski definition) is 1. The minimum Gasteiger partial charge on any atom is -0.493 e. The van der Waals surface area contributed by atoms with Gasteiger partial charge in [-0.2, -0.15) is 0 Å². The van der Waals surface area contributed by atoms with Gasteiger partial charge in [0.2, 0.25) is 0 Å². The van der Waals surface area contributed by atoms with Crippen molar-refractivity contribution in [1.82, 2.24) is 5.32 Å². The van der Waals surface area contributed by atoms with Gasteiger partial charge in [0.05, 0.1) is 6.61 Å². The van der Waals surface area contributed by atoms with Crippen molar-refractivity contribution in [3.8, 4) is 5.75 Å². The number of benzene rings is 1. The van der Waals surface area contributed by atoms with Crippen LogP contribution in [0.3, 0.4) is 0 Å². The number of hydrogen-bond acceptors (Lipinski definition) is 2. The van der Waals surface area contributed by atoms with Crippen molar-refractivity contribution in [2.45, 2.75) is 65.3 Å². The normalized spacial score (nSPS) is 11.3. The van der Waals surface area contributed by atoms with Crippen LogP contribution in [-0.2, 0) is 0 Å². The second kappa shape index (κ2) is 9.82. The van der Waals surface area contributed by atoms with E-state index in [9.17, 15) is 0 Å². The zero-order valence-electron chi connectivity index (χ0n) is 13.6. The maximum atomic E-state index is 5.93. The average Bonchev–Trinajstić information content (AvgIpc) is 2.41. The summed E-state index contributed by atoms with van der Waals surface area (Å²) >= 11 is 0. The van der Waals surface area contributed by atoms with Crippen LogP contribution in [0.4, 0.5) is 0 Å². The molecule has 0 unspecified atom stereocenters. The molecule has 2 nitrogen and oxygen atoms in total. The molecule has 0 aliphatic heterocycles. The van der Waals surface area contributed by atoms with Gasteiger partial charge in [0.1, 0.15) is 5.75 Å². The highest BCUT2D eigenvalue weighted by Gasteiger charge is 2.06. The van der Waals surface area contributed by atoms with E-state index >= 15 is 0 Å². The van der Waals surface area contributed by atoms with Crippen LogP contribution in [0.5, 0.6) is 5.75 Å². The standard InChI is InChI=1S/C18H31NO/c1-15(2)17-11-7-8-12-18(17)20-14-10-6-5-9-13-19-16(3)4/h7-8,11-12,15-16,19H,5-6,9-10,13-14H2,1-4H3. The smallest absolute Gasteiger partial charge is 0.122 e. The fraction of sp³-hybridized carbons (Fsp3) is 0.667. The molecule has 1 rings (SSSR count). The van der Waals surface area contributed by atoms with Gasteiger partial charge in [-0.25, -0.2) is 0 Å². The van der Waals surface area contributed by atoms with E-state index in [1.807, 2.05) is 0 Å². The molecule has 0 fully saturated rings. The molecule has 0 atom stereocenters. The summed E-state index contributed by atoms with van der Waals surface area (Å²) in [6.45, 7) is 10.8. The molecule has 0 saturated carbocycles. The van der Waals surface area contributed by atoms with Gasteiger partial charge in [-0.3, -0.25) is 0 Å². The molecule has 0 radical (unpaired) electrons. The number of ether oxygens (including phenoxy) is 1. The van der Waals surface area contributed by atoms with E-state index in [2.05, 4.69) is 57.3 Å². The summed E-state index contributed by atoms with van der Waals surface area (Å²) in [5, 5.41) is 3.45. The van der Waals surface area contributed by atoms with E-state index in [1.165, 1.54) is 24.8 Å². The lowest BCUT2D eigenvalue weighted by atomic mass is 10.0. The Labute approximate surface area is 124 Å². The lowest BCUT2D eigenvalue weighted by Crippen LogP contribution is -2.23. The summed E-state index contributed by atoms with van der Waals surface area (Å²) in [5.74, 6) is 1.58. The predicted octanol–water partition coefficient (Wildman–Crippen LogP) is 4.75. The highest BCUT2D eigenvalue weighted by atomic mass is 16.5. The summed E-state index contributed by atoms with van der Waals surface area (Å²) in [6, 6.07) is 8.99. The monoisotopic (exact) mass is 277 g/mol. The van der Waals surface area contributed by atoms with Crippen molar-refractivity contribution >= 4 is 0 Å². The molecule has 0 aromatic heterocycles. The van der Waals surface area contributed by atoms with Crippen LogP contribution in [0.25, 0.3) is 0 Å². The van der Waals surface area contributed by atoms with Crippen LogP contribution in [0, 0.1) is 0 Å². The molecule has 0 amide bonds. The molecule has 114 valence electrons. The van der Waals surface area contributed by atoms with E-state index in [1.54, 1.807) is 0 Å². The van der Waals surface area contributed by atoms with Crippen molar-refractivity contribution in [2.24, 2.45) is 0 Å². The van der Waals surface area contributed by atoms with E-state index in [-0.39, 0.29) is 0 Å². The Hall–Kier alpha value is -1.02. The van der Waals surface area contributed by atoms with E-state index in [0.717, 1.165) is 25.3 Å². The molecule has 1 aromatic rings. The molecule has 0 saturated heterocycles. The first kappa shape index (κ1) is 17.0. The highest BCUT2D eigenvalue weighted by molar-refractivity contribution is 5.35. The predicted molar refractivity (Wildman–Crippen MR) is 87.6 cm³/mol. The third-order valence-electron chi connectivity index (χ3n) is 3.42. The third-order valence-corrected chi connectivity index (χ3v) is 3.42. The first-order chi connectivity index (χ1) is 9.61. The minimum absolute atomic E-state index is 0.522. The molecule has 0 aliphatic carbocycles. The summed E-state index contributed by atoms with van der Waals surface area (Å²) in [7, 11) is 0. The average molecular weight is 277 g/mol. The Morgan fingerprint density at radius 1 is 0.950 bits per heavy atom. The van der Waals surface area contributed by atoms with Crippen molar-refractivity contribution < 1.29 is 4.74 Å². The minimum atomic E-state index is 0.522. The topological polar surface area (TPSA) is 21.3 Å². The molecule has 0 bridgehead atoms. The molecule has 2 heteroatoms. The number of unbranched alkanes of at least 4 members (excludes halogenated alkanes) is 3. The van der Waals surface area contributed by atoms with E-state index in [0.29, 0.717) is 12.0 Å². The molecule has 1 N–H and O–H groups in total. The van der Waals surface area contributed by atoms with Crippen LogP contribution in [-0.4, -0.2) is 19.2 Å². The van der Waals surface area contributed by atoms with E-state index in [4.69, 9.17) is 4.74 Å². The number of nitrogens with one attached hydrogen (secondary N) is 1. The summed E-state index contributed by atoms with van der Waals surface area (Å²) in [5.41, 5.74) is 1.31. The van der Waals surface area contributed by atoms with Crippen LogP contribution >= 0.6 is 0 Å². The maximum absolute atomic E-state index is 5.93. The molecular formula is C18H31NO. The molecule has 0 aliphatic rings. The Bertz CT molecular complexity index is 360. The Balaban J connectivity index is 2.12. The fourth-order valence-corrected chi connectivity index (χ4v) is 2.24. The quantitative estimate of drug-likeness (QED) is 0.623. The summed E-state index contributed by atoms with van der Waals surface area (Å²) in [6.07, 6.45) is 4.95. The van der Waals surface area contributed by atoms with Gasteiger partial charge in [0, 0.05) is 6.04 Å². The zero-order valence-corrected chi connectivity index (χ0v) is 13.6. The summed E-state index contributed by atoms with van der Waals surface area (Å²) < 4.78 is 5.93. The number of para-hydroxylation sites is 1. The number of rotatable bonds is 10. The summed E-state index contributed by atoms with van der Waals surface area (Å²) in [4.78, 5) is 0. The zero-order chi connectivity index (χ0) is 14.8. The van der Waals surface area contributed by atoms with Crippen LogP contribution in [0.1, 0.15) is 64.9 Å². The third kappa shape index (κ3) is 6.95. The largest absolute Gasteiger partial charge is 0.493 e. The van der Waals surface area contributed by atoms with Gasteiger partial charge >= 0.3 is 0 Å². The Morgan fingerprint density at radius 2 is 1.65 bits per heavy atom. The van der Waals surface area contributed by atoms with Crippen LogP contribution in [0.2, 0.25) is 0 Å². The van der Waals surface area contributed by atoms with Crippen LogP contribution in [0.15, 0.2) is 24.3 Å². The lowest BCUT2D eigenvalue weighted by molar-refractivity contribution is 0.300. The molecule has 0 heterocycles. The Kier molecular flexibility index (Phi) is 8.36. The highest BCUT2D eigenvalue weighted by Crippen LogP contribution is 2.25. The lowest BCUT2D eigenvalue weighted by Gasteiger charge is -2.13. The molecule has 0 spiro atoms. The maximum Gasteiger partial charge on any atom is 0.122 e. The molecular weight excluding hydrogens is 246 g/mol. The second-order valence-corrected chi connectivity index (χ2v) is 6.06. The van der Waals surface area contributed by atoms with Crippen molar-refractivity contribution in [2.75, 3.05) is 13.2 Å². The molecule has 1 aromatic carbocycles. The van der Waals surface area contributed by atoms with Gasteiger partial charge in [-0.05, 0) is 36.9 Å². The second-order valence-electron chi connectivity index (χ2n) is 6.06. The first-order valence-corrected chi connectivity index (χ1v) is 8.06. The van der Waals surface area contributed by atoms with Crippen LogP contribution < -0.4 is 10.1 Å². The SMILES string of the molecule is CC(C)NCCCCCCOc1ccccc1C(C)C. The van der Waals surface area contributed by atoms with Gasteiger partial charge in [-0.1, -0.05) is 58.7 Å². The van der Waals surface area contributed by atoms with Gasteiger partial charge < -0.3 is 10.1 Å². The molecule has 20 heavy (non-hydrogen) atoms.